The smallest absolute Gasteiger partial charge is 0.320 e. The molecule has 1 heterocycles. The average molecular weight is 327 g/mol. The molecule has 0 bridgehead atoms. The van der Waals surface area contributed by atoms with Gasteiger partial charge in [0.05, 0.1) is 5.52 Å². The number of hydrogen-bond acceptors (Lipinski definition) is 2. The van der Waals surface area contributed by atoms with E-state index < -0.39 is 12.0 Å². The number of hydrogen-bond donors (Lipinski definition) is 2. The maximum Gasteiger partial charge on any atom is 0.320 e. The van der Waals surface area contributed by atoms with Crippen LogP contribution >= 0.6 is 15.9 Å². The molecule has 2 rings (SSSR count). The van der Waals surface area contributed by atoms with Gasteiger partial charge in [-0.2, -0.15) is 0 Å². The molecule has 0 aliphatic rings. The lowest BCUT2D eigenvalue weighted by Gasteiger charge is -2.04. The van der Waals surface area contributed by atoms with Gasteiger partial charge in [0.25, 0.3) is 0 Å². The van der Waals surface area contributed by atoms with E-state index in [0.717, 1.165) is 20.9 Å². The molecular weight excluding hydrogens is 308 g/mol. The highest BCUT2D eigenvalue weighted by atomic mass is 79.9. The van der Waals surface area contributed by atoms with Crippen molar-refractivity contribution in [3.05, 3.63) is 34.4 Å². The molecule has 0 aliphatic carbocycles. The fraction of sp³-hybridized carbons (Fsp3) is 0.357. The van der Waals surface area contributed by atoms with Crippen LogP contribution in [0.15, 0.2) is 28.9 Å². The van der Waals surface area contributed by atoms with E-state index in [2.05, 4.69) is 15.9 Å². The van der Waals surface area contributed by atoms with Gasteiger partial charge < -0.3 is 15.4 Å². The highest BCUT2D eigenvalue weighted by Gasteiger charge is 2.16. The molecule has 0 saturated heterocycles. The van der Waals surface area contributed by atoms with Crippen molar-refractivity contribution in [1.82, 2.24) is 4.57 Å². The van der Waals surface area contributed by atoms with E-state index in [4.69, 9.17) is 10.8 Å². The van der Waals surface area contributed by atoms with Gasteiger partial charge in [0.15, 0.2) is 0 Å². The van der Waals surface area contributed by atoms with E-state index >= 15 is 0 Å². The highest BCUT2D eigenvalue weighted by Crippen LogP contribution is 2.28. The molecule has 0 spiro atoms. The van der Waals surface area contributed by atoms with Crippen LogP contribution in [0.5, 0.6) is 0 Å². The zero-order chi connectivity index (χ0) is 14.6. The van der Waals surface area contributed by atoms with E-state index in [-0.39, 0.29) is 0 Å². The van der Waals surface area contributed by atoms with Crippen molar-refractivity contribution in [2.75, 3.05) is 0 Å². The summed E-state index contributed by atoms with van der Waals surface area (Å²) in [5.74, 6) is -0.975. The minimum absolute atomic E-state index is 0.336. The van der Waals surface area contributed by atoms with Crippen molar-refractivity contribution in [3.63, 3.8) is 0 Å². The van der Waals surface area contributed by atoms with E-state index in [1.807, 2.05) is 49.9 Å². The quantitative estimate of drug-likeness (QED) is 0.911. The second-order valence-corrected chi connectivity index (χ2v) is 4.90. The number of nitrogens with two attached hydrogens (primary N) is 1. The van der Waals surface area contributed by atoms with E-state index in [1.54, 1.807) is 0 Å². The first-order valence-electron chi connectivity index (χ1n) is 6.21. The Morgan fingerprint density at radius 1 is 1.47 bits per heavy atom. The highest BCUT2D eigenvalue weighted by molar-refractivity contribution is 9.10. The fourth-order valence-electron chi connectivity index (χ4n) is 1.99. The number of carboxylic acid groups (broad SMARTS) is 1. The predicted molar refractivity (Wildman–Crippen MR) is 81.3 cm³/mol. The average Bonchev–Trinajstić information content (AvgIpc) is 2.70. The number of rotatable bonds is 3. The number of aryl methyl sites for hydroxylation is 1. The molecule has 0 amide bonds. The number of nitrogens with zero attached hydrogens (tertiary/aromatic N) is 1. The number of carbonyl (C=O) groups is 1. The molecule has 5 heteroatoms. The molecule has 4 nitrogen and oxygen atoms in total. The van der Waals surface area contributed by atoms with Gasteiger partial charge in [-0.05, 0) is 27.6 Å². The van der Waals surface area contributed by atoms with Crippen LogP contribution in [0.1, 0.15) is 19.4 Å². The zero-order valence-electron chi connectivity index (χ0n) is 11.4. The first-order valence-corrected chi connectivity index (χ1v) is 7.01. The minimum Gasteiger partial charge on any atom is -0.480 e. The Bertz CT molecular complexity index is 578. The molecule has 2 aromatic rings. The zero-order valence-corrected chi connectivity index (χ0v) is 12.9. The Morgan fingerprint density at radius 2 is 2.11 bits per heavy atom. The SMILES string of the molecule is CC.Cn1cc(CC(N)C(=O)O)c2cccc(Br)c21. The third-order valence-corrected chi connectivity index (χ3v) is 3.43. The van der Waals surface area contributed by atoms with Gasteiger partial charge in [0.1, 0.15) is 6.04 Å². The lowest BCUT2D eigenvalue weighted by Crippen LogP contribution is -2.32. The summed E-state index contributed by atoms with van der Waals surface area (Å²) in [5.41, 5.74) is 7.58. The van der Waals surface area contributed by atoms with Gasteiger partial charge in [-0.15, -0.1) is 0 Å². The summed E-state index contributed by atoms with van der Waals surface area (Å²) in [6, 6.07) is 5.01. The summed E-state index contributed by atoms with van der Waals surface area (Å²) in [6.45, 7) is 4.00. The lowest BCUT2D eigenvalue weighted by molar-refractivity contribution is -0.138. The molecule has 0 aliphatic heterocycles. The van der Waals surface area contributed by atoms with E-state index in [9.17, 15) is 4.79 Å². The van der Waals surface area contributed by atoms with Gasteiger partial charge >= 0.3 is 5.97 Å². The molecule has 1 aromatic heterocycles. The topological polar surface area (TPSA) is 68.2 Å². The van der Waals surface area contributed by atoms with Gasteiger partial charge in [0.2, 0.25) is 0 Å². The van der Waals surface area contributed by atoms with Crippen molar-refractivity contribution in [2.45, 2.75) is 26.3 Å². The molecule has 104 valence electrons. The summed E-state index contributed by atoms with van der Waals surface area (Å²) < 4.78 is 2.97. The van der Waals surface area contributed by atoms with Crippen LogP contribution < -0.4 is 5.73 Å². The van der Waals surface area contributed by atoms with Crippen LogP contribution in [0, 0.1) is 0 Å². The summed E-state index contributed by atoms with van der Waals surface area (Å²) in [7, 11) is 1.93. The van der Waals surface area contributed by atoms with Gasteiger partial charge in [-0.25, -0.2) is 0 Å². The first kappa shape index (κ1) is 15.7. The van der Waals surface area contributed by atoms with Crippen molar-refractivity contribution >= 4 is 32.8 Å². The van der Waals surface area contributed by atoms with Crippen LogP contribution in [0.3, 0.4) is 0 Å². The molecule has 0 saturated carbocycles. The van der Waals surface area contributed by atoms with Crippen molar-refractivity contribution < 1.29 is 9.90 Å². The van der Waals surface area contributed by atoms with Crippen LogP contribution in [-0.4, -0.2) is 21.7 Å². The Morgan fingerprint density at radius 3 is 2.68 bits per heavy atom. The number of fused-ring (bicyclic) bond motifs is 1. The van der Waals surface area contributed by atoms with Crippen LogP contribution in [0.25, 0.3) is 10.9 Å². The van der Waals surface area contributed by atoms with E-state index in [1.165, 1.54) is 0 Å². The standard InChI is InChI=1S/C12H13BrN2O2.C2H6/c1-15-6-7(5-10(14)12(16)17)8-3-2-4-9(13)11(8)15;1-2/h2-4,6,10H,5,14H2,1H3,(H,16,17);1-2H3. The molecule has 1 unspecified atom stereocenters. The second kappa shape index (κ2) is 6.73. The fourth-order valence-corrected chi connectivity index (χ4v) is 2.63. The molecular formula is C14H19BrN2O2. The summed E-state index contributed by atoms with van der Waals surface area (Å²) in [6.07, 6.45) is 2.27. The Labute approximate surface area is 121 Å². The number of benzene rings is 1. The normalized spacial score (nSPS) is 11.8. The van der Waals surface area contributed by atoms with Gasteiger partial charge in [-0.3, -0.25) is 4.79 Å². The summed E-state index contributed by atoms with van der Waals surface area (Å²) >= 11 is 3.49. The van der Waals surface area contributed by atoms with E-state index in [0.29, 0.717) is 6.42 Å². The molecule has 1 aromatic carbocycles. The minimum atomic E-state index is -0.975. The number of aromatic nitrogens is 1. The van der Waals surface area contributed by atoms with Crippen LogP contribution in [0.4, 0.5) is 0 Å². The third-order valence-electron chi connectivity index (χ3n) is 2.79. The molecule has 0 radical (unpaired) electrons. The monoisotopic (exact) mass is 326 g/mol. The summed E-state index contributed by atoms with van der Waals surface area (Å²) in [4.78, 5) is 10.8. The van der Waals surface area contributed by atoms with Crippen molar-refractivity contribution in [2.24, 2.45) is 12.8 Å². The number of para-hydroxylation sites is 1. The first-order chi connectivity index (χ1) is 9.00. The number of halogens is 1. The molecule has 1 atom stereocenters. The number of carboxylic acids is 1. The maximum atomic E-state index is 10.8. The largest absolute Gasteiger partial charge is 0.480 e. The van der Waals surface area contributed by atoms with Crippen LogP contribution in [-0.2, 0) is 18.3 Å². The Kier molecular flexibility index (Phi) is 5.57. The Balaban J connectivity index is 0.000000861. The maximum absolute atomic E-state index is 10.8. The molecule has 19 heavy (non-hydrogen) atoms. The Hall–Kier alpha value is -1.33. The van der Waals surface area contributed by atoms with Crippen molar-refractivity contribution in [1.29, 1.82) is 0 Å². The second-order valence-electron chi connectivity index (χ2n) is 4.05. The van der Waals surface area contributed by atoms with Gasteiger partial charge in [-0.1, -0.05) is 26.0 Å². The van der Waals surface area contributed by atoms with Gasteiger partial charge in [0, 0.05) is 29.5 Å². The van der Waals surface area contributed by atoms with Crippen molar-refractivity contribution in [3.8, 4) is 0 Å². The number of aliphatic carboxylic acids is 1. The van der Waals surface area contributed by atoms with Crippen LogP contribution in [0.2, 0.25) is 0 Å². The molecule has 3 N–H and O–H groups in total. The lowest BCUT2D eigenvalue weighted by atomic mass is 10.1. The molecule has 0 fully saturated rings. The predicted octanol–water partition coefficient (Wildman–Crippen LogP) is 2.92. The summed E-state index contributed by atoms with van der Waals surface area (Å²) in [5, 5.41) is 9.88. The third kappa shape index (κ3) is 3.36.